The maximum atomic E-state index is 14.0. The van der Waals surface area contributed by atoms with Gasteiger partial charge in [0.25, 0.3) is 5.91 Å². The summed E-state index contributed by atoms with van der Waals surface area (Å²) >= 11 is 3.30. The van der Waals surface area contributed by atoms with Gasteiger partial charge < -0.3 is 9.88 Å². The van der Waals surface area contributed by atoms with Gasteiger partial charge in [0, 0.05) is 34.7 Å². The zero-order valence-corrected chi connectivity index (χ0v) is 15.2. The van der Waals surface area contributed by atoms with Crippen LogP contribution in [0.4, 0.5) is 4.39 Å². The number of halogens is 2. The number of amides is 1. The zero-order chi connectivity index (χ0) is 17.4. The van der Waals surface area contributed by atoms with Crippen molar-refractivity contribution in [3.05, 3.63) is 70.1 Å². The van der Waals surface area contributed by atoms with Gasteiger partial charge in [-0.3, -0.25) is 4.79 Å². The van der Waals surface area contributed by atoms with Crippen LogP contribution in [0.2, 0.25) is 0 Å². The van der Waals surface area contributed by atoms with E-state index in [2.05, 4.69) is 39.1 Å². The fraction of sp³-hybridized carbons (Fsp3) is 0.250. The number of hydrogen-bond acceptors (Lipinski definition) is 1. The van der Waals surface area contributed by atoms with E-state index in [9.17, 15) is 9.18 Å². The summed E-state index contributed by atoms with van der Waals surface area (Å²) in [5.74, 6) is -0.288. The Labute approximate surface area is 154 Å². The van der Waals surface area contributed by atoms with E-state index in [-0.39, 0.29) is 11.5 Å². The number of likely N-dealkylation sites (tertiary alicyclic amines) is 1. The Balaban J connectivity index is 1.47. The van der Waals surface area contributed by atoms with E-state index < -0.39 is 5.82 Å². The Bertz CT molecular complexity index is 895. The number of nitrogens with one attached hydrogen (secondary N) is 1. The molecule has 1 fully saturated rings. The van der Waals surface area contributed by atoms with E-state index in [1.807, 2.05) is 12.1 Å². The first-order valence-electron chi connectivity index (χ1n) is 8.44. The first kappa shape index (κ1) is 16.3. The Morgan fingerprint density at radius 2 is 1.88 bits per heavy atom. The lowest BCUT2D eigenvalue weighted by molar-refractivity contribution is 0.0707. The summed E-state index contributed by atoms with van der Waals surface area (Å²) in [7, 11) is 0. The average molecular weight is 401 g/mol. The van der Waals surface area contributed by atoms with Crippen molar-refractivity contribution in [3.63, 3.8) is 0 Å². The highest BCUT2D eigenvalue weighted by Crippen LogP contribution is 2.30. The molecular weight excluding hydrogens is 383 g/mol. The van der Waals surface area contributed by atoms with Crippen molar-refractivity contribution in [2.75, 3.05) is 13.1 Å². The second-order valence-electron chi connectivity index (χ2n) is 6.50. The molecule has 0 saturated carbocycles. The number of fused-ring (bicyclic) bond motifs is 1. The van der Waals surface area contributed by atoms with Gasteiger partial charge in [-0.05, 0) is 48.6 Å². The lowest BCUT2D eigenvalue weighted by atomic mass is 9.93. The normalized spacial score (nSPS) is 15.7. The standard InChI is InChI=1S/C20H18BrFN2O/c21-15-5-6-17(22)16(12-15)20(25)24-9-7-13(8-10-24)19-11-14-3-1-2-4-18(14)23-19/h1-6,11-13,23H,7-10H2. The predicted molar refractivity (Wildman–Crippen MR) is 100 cm³/mol. The molecule has 128 valence electrons. The van der Waals surface area contributed by atoms with Gasteiger partial charge in [0.05, 0.1) is 5.56 Å². The molecule has 2 aromatic carbocycles. The smallest absolute Gasteiger partial charge is 0.256 e. The van der Waals surface area contributed by atoms with Crippen LogP contribution in [-0.2, 0) is 0 Å². The molecule has 3 aromatic rings. The number of H-pyrrole nitrogens is 1. The third kappa shape index (κ3) is 3.21. The fourth-order valence-corrected chi connectivity index (χ4v) is 3.90. The van der Waals surface area contributed by atoms with Gasteiger partial charge in [0.2, 0.25) is 0 Å². The number of para-hydroxylation sites is 1. The molecule has 5 heteroatoms. The number of carbonyl (C=O) groups is 1. The van der Waals surface area contributed by atoms with Crippen LogP contribution in [0.3, 0.4) is 0 Å². The van der Waals surface area contributed by atoms with Gasteiger partial charge >= 0.3 is 0 Å². The van der Waals surface area contributed by atoms with Crippen LogP contribution in [0.1, 0.15) is 34.8 Å². The topological polar surface area (TPSA) is 36.1 Å². The predicted octanol–water partition coefficient (Wildman–Crippen LogP) is 5.09. The van der Waals surface area contributed by atoms with E-state index in [0.29, 0.717) is 23.5 Å². The highest BCUT2D eigenvalue weighted by atomic mass is 79.9. The van der Waals surface area contributed by atoms with Crippen LogP contribution in [0.25, 0.3) is 10.9 Å². The quantitative estimate of drug-likeness (QED) is 0.638. The number of benzene rings is 2. The van der Waals surface area contributed by atoms with E-state index in [4.69, 9.17) is 0 Å². The molecule has 25 heavy (non-hydrogen) atoms. The van der Waals surface area contributed by atoms with E-state index in [1.165, 1.54) is 17.1 Å². The molecule has 1 aromatic heterocycles. The number of nitrogens with zero attached hydrogens (tertiary/aromatic N) is 1. The number of hydrogen-bond donors (Lipinski definition) is 1. The molecular formula is C20H18BrFN2O. The molecule has 0 atom stereocenters. The number of carbonyl (C=O) groups excluding carboxylic acids is 1. The maximum absolute atomic E-state index is 14.0. The second kappa shape index (κ2) is 6.64. The van der Waals surface area contributed by atoms with Gasteiger partial charge in [-0.2, -0.15) is 0 Å². The minimum absolute atomic E-state index is 0.137. The fourth-order valence-electron chi connectivity index (χ4n) is 3.54. The third-order valence-corrected chi connectivity index (χ3v) is 5.42. The molecule has 1 N–H and O–H groups in total. The number of aromatic amines is 1. The molecule has 0 aliphatic carbocycles. The Kier molecular flexibility index (Phi) is 4.34. The molecule has 0 radical (unpaired) electrons. The van der Waals surface area contributed by atoms with Gasteiger partial charge in [-0.15, -0.1) is 0 Å². The van der Waals surface area contributed by atoms with E-state index in [1.54, 1.807) is 17.0 Å². The molecule has 1 amide bonds. The lowest BCUT2D eigenvalue weighted by Gasteiger charge is -2.31. The molecule has 2 heterocycles. The van der Waals surface area contributed by atoms with Crippen LogP contribution in [0, 0.1) is 5.82 Å². The Hall–Kier alpha value is -2.14. The molecule has 1 aliphatic heterocycles. The summed E-state index contributed by atoms with van der Waals surface area (Å²) in [6.45, 7) is 1.29. The van der Waals surface area contributed by atoms with Crippen LogP contribution < -0.4 is 0 Å². The molecule has 1 saturated heterocycles. The second-order valence-corrected chi connectivity index (χ2v) is 7.42. The van der Waals surface area contributed by atoms with Crippen molar-refractivity contribution < 1.29 is 9.18 Å². The minimum atomic E-state index is -0.467. The summed E-state index contributed by atoms with van der Waals surface area (Å²) < 4.78 is 14.7. The van der Waals surface area contributed by atoms with Crippen molar-refractivity contribution in [3.8, 4) is 0 Å². The van der Waals surface area contributed by atoms with Gasteiger partial charge in [-0.25, -0.2) is 4.39 Å². The van der Waals surface area contributed by atoms with Crippen LogP contribution >= 0.6 is 15.9 Å². The summed E-state index contributed by atoms with van der Waals surface area (Å²) in [5.41, 5.74) is 2.51. The maximum Gasteiger partial charge on any atom is 0.256 e. The molecule has 1 aliphatic rings. The molecule has 4 rings (SSSR count). The number of aromatic nitrogens is 1. The van der Waals surface area contributed by atoms with Gasteiger partial charge in [0.1, 0.15) is 5.82 Å². The lowest BCUT2D eigenvalue weighted by Crippen LogP contribution is -2.38. The highest BCUT2D eigenvalue weighted by Gasteiger charge is 2.27. The van der Waals surface area contributed by atoms with Crippen molar-refractivity contribution >= 4 is 32.7 Å². The van der Waals surface area contributed by atoms with E-state index >= 15 is 0 Å². The first-order valence-corrected chi connectivity index (χ1v) is 9.23. The van der Waals surface area contributed by atoms with Crippen molar-refractivity contribution in [2.24, 2.45) is 0 Å². The summed E-state index contributed by atoms with van der Waals surface area (Å²) in [6.07, 6.45) is 1.77. The molecule has 0 unspecified atom stereocenters. The van der Waals surface area contributed by atoms with Gasteiger partial charge in [0.15, 0.2) is 0 Å². The Morgan fingerprint density at radius 1 is 1.12 bits per heavy atom. The summed E-state index contributed by atoms with van der Waals surface area (Å²) in [5, 5.41) is 1.22. The highest BCUT2D eigenvalue weighted by molar-refractivity contribution is 9.10. The van der Waals surface area contributed by atoms with Crippen LogP contribution in [0.15, 0.2) is 53.0 Å². The molecule has 3 nitrogen and oxygen atoms in total. The number of rotatable bonds is 2. The Morgan fingerprint density at radius 3 is 2.64 bits per heavy atom. The van der Waals surface area contributed by atoms with Crippen molar-refractivity contribution in [1.82, 2.24) is 9.88 Å². The third-order valence-electron chi connectivity index (χ3n) is 4.93. The SMILES string of the molecule is O=C(c1cc(Br)ccc1F)N1CCC(c2cc3ccccc3[nH]2)CC1. The zero-order valence-electron chi connectivity index (χ0n) is 13.6. The number of piperidine rings is 1. The average Bonchev–Trinajstić information content (AvgIpc) is 3.07. The molecule has 0 bridgehead atoms. The van der Waals surface area contributed by atoms with Crippen molar-refractivity contribution in [1.29, 1.82) is 0 Å². The van der Waals surface area contributed by atoms with Gasteiger partial charge in [-0.1, -0.05) is 34.1 Å². The monoisotopic (exact) mass is 400 g/mol. The summed E-state index contributed by atoms with van der Waals surface area (Å²) in [4.78, 5) is 17.9. The first-order chi connectivity index (χ1) is 12.1. The van der Waals surface area contributed by atoms with E-state index in [0.717, 1.165) is 18.4 Å². The summed E-state index contributed by atoms with van der Waals surface area (Å²) in [6, 6.07) is 14.9. The largest absolute Gasteiger partial charge is 0.358 e. The van der Waals surface area contributed by atoms with Crippen LogP contribution in [-0.4, -0.2) is 28.9 Å². The minimum Gasteiger partial charge on any atom is -0.358 e. The van der Waals surface area contributed by atoms with Crippen molar-refractivity contribution in [2.45, 2.75) is 18.8 Å². The molecule has 0 spiro atoms. The van der Waals surface area contributed by atoms with Crippen LogP contribution in [0.5, 0.6) is 0 Å².